The van der Waals surface area contributed by atoms with Gasteiger partial charge in [0.1, 0.15) is 0 Å². The van der Waals surface area contributed by atoms with Crippen LogP contribution in [-0.4, -0.2) is 41.7 Å². The Labute approximate surface area is 127 Å². The molecular weight excluding hydrogens is 266 g/mol. The molecule has 1 saturated heterocycles. The van der Waals surface area contributed by atoms with Gasteiger partial charge >= 0.3 is 0 Å². The quantitative estimate of drug-likeness (QED) is 0.782. The summed E-state index contributed by atoms with van der Waals surface area (Å²) in [6.45, 7) is 3.28. The van der Waals surface area contributed by atoms with Crippen LogP contribution >= 0.6 is 0 Å². The first kappa shape index (κ1) is 15.0. The van der Waals surface area contributed by atoms with Crippen molar-refractivity contribution in [2.24, 2.45) is 0 Å². The lowest BCUT2D eigenvalue weighted by Crippen LogP contribution is -2.26. The average molecular weight is 293 g/mol. The number of hydrogen-bond acceptors (Lipinski definition) is 4. The fraction of sp³-hybridized carbons (Fsp3) is 0.812. The van der Waals surface area contributed by atoms with Gasteiger partial charge in [-0.15, -0.1) is 0 Å². The zero-order chi connectivity index (χ0) is 14.5. The van der Waals surface area contributed by atoms with Gasteiger partial charge in [0.15, 0.2) is 0 Å². The highest BCUT2D eigenvalue weighted by Gasteiger charge is 2.42. The summed E-state index contributed by atoms with van der Waals surface area (Å²) in [5.74, 6) is 0. The van der Waals surface area contributed by atoms with Crippen molar-refractivity contribution in [3.05, 3.63) is 18.0 Å². The monoisotopic (exact) mass is 293 g/mol. The van der Waals surface area contributed by atoms with Gasteiger partial charge in [-0.3, -0.25) is 4.68 Å². The van der Waals surface area contributed by atoms with Crippen LogP contribution < -0.4 is 5.32 Å². The van der Waals surface area contributed by atoms with Crippen LogP contribution in [-0.2, 0) is 22.6 Å². The van der Waals surface area contributed by atoms with Crippen molar-refractivity contribution in [1.82, 2.24) is 15.1 Å². The largest absolute Gasteiger partial charge is 0.383 e. The normalized spacial score (nSPS) is 24.1. The molecule has 1 aromatic rings. The Morgan fingerprint density at radius 1 is 1.43 bits per heavy atom. The Morgan fingerprint density at radius 3 is 3.10 bits per heavy atom. The van der Waals surface area contributed by atoms with Crippen molar-refractivity contribution in [3.8, 4) is 0 Å². The number of methoxy groups -OCH3 is 1. The molecule has 1 aromatic heterocycles. The van der Waals surface area contributed by atoms with E-state index in [4.69, 9.17) is 9.47 Å². The Hall–Kier alpha value is -0.910. The van der Waals surface area contributed by atoms with Crippen LogP contribution in [0.15, 0.2) is 12.3 Å². The van der Waals surface area contributed by atoms with Crippen LogP contribution in [0.5, 0.6) is 0 Å². The molecule has 5 nitrogen and oxygen atoms in total. The minimum absolute atomic E-state index is 0.225. The van der Waals surface area contributed by atoms with Crippen molar-refractivity contribution >= 4 is 0 Å². The Bertz CT molecular complexity index is 440. The van der Waals surface area contributed by atoms with Gasteiger partial charge in [-0.25, -0.2) is 0 Å². The van der Waals surface area contributed by atoms with Gasteiger partial charge in [-0.1, -0.05) is 12.8 Å². The summed E-state index contributed by atoms with van der Waals surface area (Å²) < 4.78 is 13.4. The molecule has 21 heavy (non-hydrogen) atoms. The van der Waals surface area contributed by atoms with Crippen LogP contribution in [0.3, 0.4) is 0 Å². The number of nitrogens with one attached hydrogen (secondary N) is 1. The van der Waals surface area contributed by atoms with Gasteiger partial charge in [0.2, 0.25) is 0 Å². The molecule has 1 saturated carbocycles. The van der Waals surface area contributed by atoms with Gasteiger partial charge in [-0.05, 0) is 31.7 Å². The molecule has 118 valence electrons. The zero-order valence-corrected chi connectivity index (χ0v) is 13.0. The van der Waals surface area contributed by atoms with E-state index in [-0.39, 0.29) is 5.60 Å². The number of hydrogen-bond donors (Lipinski definition) is 1. The molecular formula is C16H27N3O2. The zero-order valence-electron chi connectivity index (χ0n) is 13.0. The third-order valence-electron chi connectivity index (χ3n) is 4.73. The topological polar surface area (TPSA) is 48.3 Å². The molecule has 1 aliphatic carbocycles. The molecule has 2 fully saturated rings. The van der Waals surface area contributed by atoms with E-state index in [1.807, 2.05) is 4.68 Å². The van der Waals surface area contributed by atoms with E-state index >= 15 is 0 Å². The first-order chi connectivity index (χ1) is 10.3. The molecule has 1 N–H and O–H groups in total. The van der Waals surface area contributed by atoms with Gasteiger partial charge < -0.3 is 14.8 Å². The maximum absolute atomic E-state index is 6.34. The summed E-state index contributed by atoms with van der Waals surface area (Å²) in [6.07, 6.45) is 10.0. The fourth-order valence-corrected chi connectivity index (χ4v) is 3.61. The van der Waals surface area contributed by atoms with Crippen molar-refractivity contribution in [3.63, 3.8) is 0 Å². The molecule has 1 spiro atoms. The lowest BCUT2D eigenvalue weighted by atomic mass is 9.98. The Kier molecular flexibility index (Phi) is 4.93. The maximum atomic E-state index is 6.34. The second-order valence-corrected chi connectivity index (χ2v) is 6.37. The van der Waals surface area contributed by atoms with Crippen molar-refractivity contribution in [2.45, 2.75) is 63.3 Å². The van der Waals surface area contributed by atoms with Crippen LogP contribution in [0, 0.1) is 0 Å². The highest BCUT2D eigenvalue weighted by molar-refractivity contribution is 4.99. The van der Waals surface area contributed by atoms with Gasteiger partial charge in [-0.2, -0.15) is 5.10 Å². The van der Waals surface area contributed by atoms with Crippen LogP contribution in [0.4, 0.5) is 0 Å². The third-order valence-corrected chi connectivity index (χ3v) is 4.73. The summed E-state index contributed by atoms with van der Waals surface area (Å²) in [4.78, 5) is 0. The van der Waals surface area contributed by atoms with Crippen molar-refractivity contribution in [1.29, 1.82) is 0 Å². The lowest BCUT2D eigenvalue weighted by Gasteiger charge is -2.23. The van der Waals surface area contributed by atoms with E-state index in [0.717, 1.165) is 31.9 Å². The molecule has 2 heterocycles. The van der Waals surface area contributed by atoms with E-state index in [9.17, 15) is 0 Å². The molecule has 0 aromatic carbocycles. The molecule has 2 aliphatic rings. The Balaban J connectivity index is 1.44. The molecule has 0 radical (unpaired) electrons. The van der Waals surface area contributed by atoms with Crippen LogP contribution in [0.1, 0.15) is 44.2 Å². The molecule has 3 rings (SSSR count). The molecule has 1 aliphatic heterocycles. The number of aromatic nitrogens is 2. The van der Waals surface area contributed by atoms with Crippen LogP contribution in [0.25, 0.3) is 0 Å². The summed E-state index contributed by atoms with van der Waals surface area (Å²) in [6, 6.07) is 2.08. The van der Waals surface area contributed by atoms with Crippen molar-refractivity contribution < 1.29 is 9.47 Å². The summed E-state index contributed by atoms with van der Waals surface area (Å²) in [5, 5.41) is 7.94. The lowest BCUT2D eigenvalue weighted by molar-refractivity contribution is -0.0429. The predicted molar refractivity (Wildman–Crippen MR) is 81.1 cm³/mol. The van der Waals surface area contributed by atoms with E-state index in [1.165, 1.54) is 38.5 Å². The van der Waals surface area contributed by atoms with Gasteiger partial charge in [0.05, 0.1) is 30.6 Å². The molecule has 0 bridgehead atoms. The summed E-state index contributed by atoms with van der Waals surface area (Å²) >= 11 is 0. The van der Waals surface area contributed by atoms with Gasteiger partial charge in [0.25, 0.3) is 0 Å². The molecule has 1 atom stereocenters. The second-order valence-electron chi connectivity index (χ2n) is 6.37. The average Bonchev–Trinajstić information content (AvgIpc) is 3.20. The Morgan fingerprint density at radius 2 is 2.29 bits per heavy atom. The predicted octanol–water partition coefficient (Wildman–Crippen LogP) is 2.11. The number of nitrogens with zero attached hydrogens (tertiary/aromatic N) is 2. The standard InChI is InChI=1S/C16H27N3O2/c1-20-11-9-17-12-14-5-10-19(18-14)13-15-4-8-16(21-15)6-2-3-7-16/h5,10,15,17H,2-4,6-9,11-13H2,1H3. The van der Waals surface area contributed by atoms with E-state index < -0.39 is 0 Å². The van der Waals surface area contributed by atoms with Gasteiger partial charge in [0, 0.05) is 26.4 Å². The highest BCUT2D eigenvalue weighted by atomic mass is 16.5. The number of rotatable bonds is 7. The SMILES string of the molecule is COCCNCc1ccn(CC2CCC3(CCCC3)O2)n1. The summed E-state index contributed by atoms with van der Waals surface area (Å²) in [7, 11) is 1.72. The molecule has 0 amide bonds. The van der Waals surface area contributed by atoms with E-state index in [0.29, 0.717) is 6.10 Å². The second kappa shape index (κ2) is 6.90. The van der Waals surface area contributed by atoms with E-state index in [2.05, 4.69) is 22.7 Å². The smallest absolute Gasteiger partial charge is 0.0779 e. The first-order valence-electron chi connectivity index (χ1n) is 8.19. The highest BCUT2D eigenvalue weighted by Crippen LogP contribution is 2.43. The first-order valence-corrected chi connectivity index (χ1v) is 8.19. The maximum Gasteiger partial charge on any atom is 0.0779 e. The fourth-order valence-electron chi connectivity index (χ4n) is 3.61. The van der Waals surface area contributed by atoms with Crippen molar-refractivity contribution in [2.75, 3.05) is 20.3 Å². The van der Waals surface area contributed by atoms with E-state index in [1.54, 1.807) is 7.11 Å². The summed E-state index contributed by atoms with van der Waals surface area (Å²) in [5.41, 5.74) is 1.31. The van der Waals surface area contributed by atoms with Crippen LogP contribution in [0.2, 0.25) is 0 Å². The third kappa shape index (κ3) is 3.84. The number of ether oxygens (including phenoxy) is 2. The minimum Gasteiger partial charge on any atom is -0.383 e. The minimum atomic E-state index is 0.225. The molecule has 1 unspecified atom stereocenters. The molecule has 5 heteroatoms.